The minimum Gasteiger partial charge on any atom is -0.479 e. The first kappa shape index (κ1) is 71.9. The third-order valence-corrected chi connectivity index (χ3v) is 12.7. The molecule has 79 heavy (non-hydrogen) atoms. The number of esters is 3. The summed E-state index contributed by atoms with van der Waals surface area (Å²) in [6.45, 7) is 5.59. The molecule has 1 saturated heterocycles. The average Bonchev–Trinajstić information content (AvgIpc) is 3.44. The molecule has 1 aliphatic heterocycles. The first-order valence-corrected chi connectivity index (χ1v) is 30.2. The van der Waals surface area contributed by atoms with Crippen molar-refractivity contribution in [3.8, 4) is 0 Å². The molecule has 6 unspecified atom stereocenters. The van der Waals surface area contributed by atoms with Crippen LogP contribution in [0.5, 0.6) is 0 Å². The van der Waals surface area contributed by atoms with E-state index in [2.05, 4.69) is 154 Å². The SMILES string of the molecule is CC/C=C\C/C=C\C/C=C\C/C=C\CCCCCCCCC(=O)OCC(COC1OC(C(=O)O)C(O)C(O)C1OC(=O)CCCCC/C=C\C/C=C\C/C=C\CC)OC(=O)CCCCCC/C=C\C/C=C\C/C=C\C/C=C\CC. The number of allylic oxidation sites excluding steroid dienone is 22. The molecule has 0 spiro atoms. The molecule has 12 heteroatoms. The molecule has 1 fully saturated rings. The van der Waals surface area contributed by atoms with Crippen molar-refractivity contribution < 1.29 is 58.2 Å². The van der Waals surface area contributed by atoms with Gasteiger partial charge < -0.3 is 39.0 Å². The van der Waals surface area contributed by atoms with Gasteiger partial charge in [-0.15, -0.1) is 0 Å². The van der Waals surface area contributed by atoms with Gasteiger partial charge in [0, 0.05) is 19.3 Å². The lowest BCUT2D eigenvalue weighted by atomic mass is 9.98. The molecule has 0 saturated carbocycles. The number of hydrogen-bond donors (Lipinski definition) is 3. The van der Waals surface area contributed by atoms with Crippen molar-refractivity contribution in [3.05, 3.63) is 134 Å². The summed E-state index contributed by atoms with van der Waals surface area (Å²) in [6, 6.07) is 0. The number of hydrogen-bond acceptors (Lipinski definition) is 11. The van der Waals surface area contributed by atoms with E-state index < -0.39 is 67.3 Å². The number of carbonyl (C=O) groups excluding carboxylic acids is 3. The normalized spacial score (nSPS) is 18.8. The van der Waals surface area contributed by atoms with E-state index in [-0.39, 0.29) is 25.9 Å². The highest BCUT2D eigenvalue weighted by atomic mass is 16.7. The average molecular weight is 1100 g/mol. The largest absolute Gasteiger partial charge is 0.479 e. The van der Waals surface area contributed by atoms with Crippen LogP contribution >= 0.6 is 0 Å². The van der Waals surface area contributed by atoms with Gasteiger partial charge >= 0.3 is 23.9 Å². The second-order valence-corrected chi connectivity index (χ2v) is 19.8. The van der Waals surface area contributed by atoms with Crippen LogP contribution in [-0.2, 0) is 42.9 Å². The molecule has 0 amide bonds. The monoisotopic (exact) mass is 1100 g/mol. The number of carboxylic acid groups (broad SMARTS) is 1. The van der Waals surface area contributed by atoms with Crippen LogP contribution in [0.3, 0.4) is 0 Å². The zero-order valence-electron chi connectivity index (χ0n) is 48.8. The maximum absolute atomic E-state index is 13.2. The molecule has 0 aromatic heterocycles. The Labute approximate surface area is 477 Å². The van der Waals surface area contributed by atoms with Crippen LogP contribution in [0.15, 0.2) is 134 Å². The number of carboxylic acids is 1. The van der Waals surface area contributed by atoms with Gasteiger partial charge in [-0.3, -0.25) is 14.4 Å². The lowest BCUT2D eigenvalue weighted by molar-refractivity contribution is -0.301. The van der Waals surface area contributed by atoms with Crippen molar-refractivity contribution in [2.45, 2.75) is 250 Å². The first-order chi connectivity index (χ1) is 38.6. The highest BCUT2D eigenvalue weighted by Gasteiger charge is 2.50. The van der Waals surface area contributed by atoms with Crippen molar-refractivity contribution in [2.24, 2.45) is 0 Å². The van der Waals surface area contributed by atoms with E-state index in [1.165, 1.54) is 0 Å². The Kier molecular flexibility index (Phi) is 48.7. The highest BCUT2D eigenvalue weighted by Crippen LogP contribution is 2.26. The number of unbranched alkanes of at least 4 members (excludes halogenated alkanes) is 13. The van der Waals surface area contributed by atoms with Crippen LogP contribution in [0.4, 0.5) is 0 Å². The van der Waals surface area contributed by atoms with Gasteiger partial charge in [-0.1, -0.05) is 199 Å². The van der Waals surface area contributed by atoms with Gasteiger partial charge in [0.2, 0.25) is 0 Å². The fourth-order valence-electron chi connectivity index (χ4n) is 8.19. The zero-order chi connectivity index (χ0) is 57.5. The van der Waals surface area contributed by atoms with E-state index in [9.17, 15) is 34.5 Å². The van der Waals surface area contributed by atoms with Crippen LogP contribution in [0.1, 0.15) is 213 Å². The van der Waals surface area contributed by atoms with Gasteiger partial charge in [0.25, 0.3) is 0 Å². The topological polar surface area (TPSA) is 175 Å². The van der Waals surface area contributed by atoms with Gasteiger partial charge in [-0.2, -0.15) is 0 Å². The Balaban J connectivity index is 2.73. The maximum atomic E-state index is 13.2. The molecule has 0 aromatic rings. The molecule has 0 radical (unpaired) electrons. The summed E-state index contributed by atoms with van der Waals surface area (Å²) in [4.78, 5) is 51.2. The Morgan fingerprint density at radius 2 is 0.759 bits per heavy atom. The van der Waals surface area contributed by atoms with Crippen molar-refractivity contribution in [1.82, 2.24) is 0 Å². The Hall–Kier alpha value is -5.14. The number of ether oxygens (including phenoxy) is 5. The standard InChI is InChI=1S/C67H104O12/c1-4-7-10-13-16-19-22-25-27-29-30-32-33-36-38-41-44-47-50-53-59(68)75-56-58(77-60(69)54-51-48-45-42-40-37-34-31-28-26-23-20-17-14-11-8-5-2)57-76-67-65(63(72)62(71)64(79-67)66(73)74)78-61(70)55-52-49-46-43-39-35-24-21-18-15-12-9-6-3/h7-12,16-21,25-28,30,32,34-35,37,39,58,62-65,67,71-72H,4-6,13-15,22-24,29,31,33,36,38,40-57H2,1-3H3,(H,73,74)/b10-7-,11-8-,12-9-,19-16-,20-17-,21-18-,27-25-,28-26-,32-30-,37-34-,39-35-. The summed E-state index contributed by atoms with van der Waals surface area (Å²) in [5.41, 5.74) is 0. The van der Waals surface area contributed by atoms with Gasteiger partial charge in [0.05, 0.1) is 6.61 Å². The molecule has 3 N–H and O–H groups in total. The van der Waals surface area contributed by atoms with Crippen LogP contribution in [-0.4, -0.2) is 89.2 Å². The smallest absolute Gasteiger partial charge is 0.335 e. The van der Waals surface area contributed by atoms with Crippen molar-refractivity contribution in [2.75, 3.05) is 13.2 Å². The minimum absolute atomic E-state index is 0.0133. The van der Waals surface area contributed by atoms with Gasteiger partial charge in [-0.05, 0) is 128 Å². The fraction of sp³-hybridized carbons (Fsp3) is 0.612. The molecule has 1 rings (SSSR count). The summed E-state index contributed by atoms with van der Waals surface area (Å²) in [5, 5.41) is 31.5. The van der Waals surface area contributed by atoms with E-state index in [1.807, 2.05) is 0 Å². The van der Waals surface area contributed by atoms with Crippen LogP contribution in [0.25, 0.3) is 0 Å². The Morgan fingerprint density at radius 1 is 0.418 bits per heavy atom. The molecule has 6 atom stereocenters. The summed E-state index contributed by atoms with van der Waals surface area (Å²) < 4.78 is 28.4. The van der Waals surface area contributed by atoms with E-state index >= 15 is 0 Å². The molecule has 444 valence electrons. The van der Waals surface area contributed by atoms with Crippen molar-refractivity contribution in [1.29, 1.82) is 0 Å². The molecule has 0 aliphatic carbocycles. The molecule has 1 heterocycles. The Bertz CT molecular complexity index is 1880. The fourth-order valence-corrected chi connectivity index (χ4v) is 8.19. The van der Waals surface area contributed by atoms with E-state index in [1.54, 1.807) is 0 Å². The second kappa shape index (κ2) is 53.5. The van der Waals surface area contributed by atoms with Gasteiger partial charge in [-0.25, -0.2) is 4.79 Å². The lowest BCUT2D eigenvalue weighted by Crippen LogP contribution is -2.61. The summed E-state index contributed by atoms with van der Waals surface area (Å²) in [7, 11) is 0. The number of aliphatic hydroxyl groups is 2. The summed E-state index contributed by atoms with van der Waals surface area (Å²) in [6.07, 6.45) is 62.7. The Morgan fingerprint density at radius 3 is 1.16 bits per heavy atom. The predicted octanol–water partition coefficient (Wildman–Crippen LogP) is 15.8. The van der Waals surface area contributed by atoms with Gasteiger partial charge in [0.1, 0.15) is 18.8 Å². The van der Waals surface area contributed by atoms with E-state index in [4.69, 9.17) is 23.7 Å². The van der Waals surface area contributed by atoms with Crippen molar-refractivity contribution >= 4 is 23.9 Å². The molecule has 1 aliphatic rings. The van der Waals surface area contributed by atoms with E-state index in [0.717, 1.165) is 154 Å². The highest BCUT2D eigenvalue weighted by molar-refractivity contribution is 5.74. The summed E-state index contributed by atoms with van der Waals surface area (Å²) >= 11 is 0. The molecule has 0 aromatic carbocycles. The first-order valence-electron chi connectivity index (χ1n) is 30.2. The predicted molar refractivity (Wildman–Crippen MR) is 321 cm³/mol. The van der Waals surface area contributed by atoms with Crippen LogP contribution in [0, 0.1) is 0 Å². The quantitative estimate of drug-likeness (QED) is 0.0228. The van der Waals surface area contributed by atoms with Gasteiger partial charge in [0.15, 0.2) is 24.6 Å². The van der Waals surface area contributed by atoms with Crippen LogP contribution < -0.4 is 0 Å². The number of carbonyl (C=O) groups is 4. The third-order valence-electron chi connectivity index (χ3n) is 12.7. The number of aliphatic carboxylic acids is 1. The molecule has 12 nitrogen and oxygen atoms in total. The lowest BCUT2D eigenvalue weighted by Gasteiger charge is -2.40. The third kappa shape index (κ3) is 43.4. The second-order valence-electron chi connectivity index (χ2n) is 19.8. The number of aliphatic hydroxyl groups excluding tert-OH is 2. The van der Waals surface area contributed by atoms with E-state index in [0.29, 0.717) is 19.3 Å². The number of rotatable bonds is 49. The zero-order valence-corrected chi connectivity index (χ0v) is 48.8. The molecular formula is C67H104O12. The van der Waals surface area contributed by atoms with Crippen molar-refractivity contribution in [3.63, 3.8) is 0 Å². The maximum Gasteiger partial charge on any atom is 0.335 e. The molecular weight excluding hydrogens is 997 g/mol. The molecule has 0 bridgehead atoms. The minimum atomic E-state index is -1.93. The van der Waals surface area contributed by atoms with Crippen LogP contribution in [0.2, 0.25) is 0 Å². The summed E-state index contributed by atoms with van der Waals surface area (Å²) in [5.74, 6) is -3.23.